The summed E-state index contributed by atoms with van der Waals surface area (Å²) in [5.41, 5.74) is 0.980. The molecule has 146 valence electrons. The molecule has 0 radical (unpaired) electrons. The van der Waals surface area contributed by atoms with Crippen molar-refractivity contribution in [2.75, 3.05) is 19.8 Å². The minimum absolute atomic E-state index is 0.0321. The van der Waals surface area contributed by atoms with Crippen molar-refractivity contribution in [1.82, 2.24) is 0 Å². The molecule has 1 aromatic carbocycles. The summed E-state index contributed by atoms with van der Waals surface area (Å²) < 4.78 is 20.5. The maximum absolute atomic E-state index is 10.9. The van der Waals surface area contributed by atoms with Gasteiger partial charge in [-0.3, -0.25) is 0 Å². The number of rotatable bonds is 11. The number of benzene rings is 1. The molecule has 1 aliphatic rings. The van der Waals surface area contributed by atoms with Crippen molar-refractivity contribution >= 4 is 5.97 Å². The van der Waals surface area contributed by atoms with E-state index in [2.05, 4.69) is 26.5 Å². The third-order valence-corrected chi connectivity index (χ3v) is 3.84. The van der Waals surface area contributed by atoms with Crippen LogP contribution in [0.25, 0.3) is 0 Å². The predicted octanol–water partition coefficient (Wildman–Crippen LogP) is 2.88. The van der Waals surface area contributed by atoms with Gasteiger partial charge in [-0.05, 0) is 23.8 Å². The molecule has 1 aromatic rings. The summed E-state index contributed by atoms with van der Waals surface area (Å²) >= 11 is 0. The number of carbonyl (C=O) groups excluding carboxylic acids is 1. The summed E-state index contributed by atoms with van der Waals surface area (Å²) in [6.45, 7) is 8.05. The lowest BCUT2D eigenvalue weighted by atomic mass is 9.84. The SMILES string of the molecule is C=CC(=O)OCC(O)CO/C=C/C=C/C(C)(C)c1ccc(OC2CO2)cc1. The first-order valence-corrected chi connectivity index (χ1v) is 8.73. The van der Waals surface area contributed by atoms with Crippen LogP contribution in [-0.2, 0) is 24.4 Å². The fourth-order valence-corrected chi connectivity index (χ4v) is 2.17. The molecule has 0 amide bonds. The third-order valence-electron chi connectivity index (χ3n) is 3.84. The van der Waals surface area contributed by atoms with Gasteiger partial charge >= 0.3 is 5.97 Å². The molecular weight excluding hydrogens is 348 g/mol. The molecule has 2 atom stereocenters. The number of aliphatic hydroxyl groups is 1. The van der Waals surface area contributed by atoms with Crippen LogP contribution < -0.4 is 4.74 Å². The Hall–Kier alpha value is -2.57. The van der Waals surface area contributed by atoms with Gasteiger partial charge in [0.2, 0.25) is 6.29 Å². The van der Waals surface area contributed by atoms with Crippen LogP contribution in [0.5, 0.6) is 5.75 Å². The van der Waals surface area contributed by atoms with Gasteiger partial charge in [-0.25, -0.2) is 4.79 Å². The molecular formula is C21H26O6. The van der Waals surface area contributed by atoms with E-state index in [1.165, 1.54) is 6.26 Å². The van der Waals surface area contributed by atoms with Crippen LogP contribution in [0, 0.1) is 0 Å². The van der Waals surface area contributed by atoms with E-state index >= 15 is 0 Å². The molecule has 0 spiro atoms. The summed E-state index contributed by atoms with van der Waals surface area (Å²) in [6, 6.07) is 7.94. The quantitative estimate of drug-likeness (QED) is 0.211. The Balaban J connectivity index is 1.73. The van der Waals surface area contributed by atoms with Crippen molar-refractivity contribution in [3.8, 4) is 5.75 Å². The number of carbonyl (C=O) groups is 1. The lowest BCUT2D eigenvalue weighted by Crippen LogP contribution is -2.22. The van der Waals surface area contributed by atoms with E-state index in [0.717, 1.165) is 17.4 Å². The number of ether oxygens (including phenoxy) is 4. The lowest BCUT2D eigenvalue weighted by Gasteiger charge is -2.21. The van der Waals surface area contributed by atoms with Crippen LogP contribution in [-0.4, -0.2) is 43.3 Å². The van der Waals surface area contributed by atoms with Crippen molar-refractivity contribution in [2.45, 2.75) is 31.7 Å². The molecule has 1 N–H and O–H groups in total. The van der Waals surface area contributed by atoms with Crippen LogP contribution in [0.1, 0.15) is 19.4 Å². The molecule has 1 saturated heterocycles. The van der Waals surface area contributed by atoms with Crippen molar-refractivity contribution < 1.29 is 28.8 Å². The van der Waals surface area contributed by atoms with Crippen LogP contribution >= 0.6 is 0 Å². The number of esters is 1. The first-order valence-electron chi connectivity index (χ1n) is 8.73. The highest BCUT2D eigenvalue weighted by Crippen LogP contribution is 2.27. The fraction of sp³-hybridized carbons (Fsp3) is 0.381. The van der Waals surface area contributed by atoms with E-state index in [-0.39, 0.29) is 24.9 Å². The second-order valence-corrected chi connectivity index (χ2v) is 6.64. The third kappa shape index (κ3) is 7.68. The normalized spacial score (nSPS) is 17.7. The van der Waals surface area contributed by atoms with Gasteiger partial charge in [0.15, 0.2) is 0 Å². The number of epoxide rings is 1. The van der Waals surface area contributed by atoms with Gasteiger partial charge < -0.3 is 24.1 Å². The molecule has 0 aliphatic carbocycles. The highest BCUT2D eigenvalue weighted by molar-refractivity contribution is 5.81. The van der Waals surface area contributed by atoms with Crippen molar-refractivity contribution in [1.29, 1.82) is 0 Å². The first-order chi connectivity index (χ1) is 12.9. The first kappa shape index (κ1) is 20.7. The topological polar surface area (TPSA) is 77.5 Å². The number of aliphatic hydroxyl groups excluding tert-OH is 1. The Morgan fingerprint density at radius 1 is 1.33 bits per heavy atom. The molecule has 2 unspecified atom stereocenters. The van der Waals surface area contributed by atoms with E-state index in [1.807, 2.05) is 30.3 Å². The number of hydrogen-bond acceptors (Lipinski definition) is 6. The standard InChI is InChI=1S/C21H26O6/c1-4-19(23)25-14-17(22)13-24-12-6-5-11-21(2,3)16-7-9-18(10-8-16)27-20-15-26-20/h4-12,17,20,22H,1,13-15H2,2-3H3/b11-5+,12-6+. The Morgan fingerprint density at radius 3 is 2.67 bits per heavy atom. The summed E-state index contributed by atoms with van der Waals surface area (Å²) in [6.07, 6.45) is 7.22. The van der Waals surface area contributed by atoms with Gasteiger partial charge in [-0.2, -0.15) is 0 Å². The van der Waals surface area contributed by atoms with Gasteiger partial charge in [0.05, 0.1) is 6.26 Å². The largest absolute Gasteiger partial charge is 0.498 e. The maximum atomic E-state index is 10.9. The summed E-state index contributed by atoms with van der Waals surface area (Å²) in [7, 11) is 0. The average Bonchev–Trinajstić information content (AvgIpc) is 3.47. The minimum atomic E-state index is -0.888. The van der Waals surface area contributed by atoms with Gasteiger partial charge in [-0.1, -0.05) is 44.7 Å². The number of hydrogen-bond donors (Lipinski definition) is 1. The Kier molecular flexibility index (Phi) is 7.64. The Morgan fingerprint density at radius 2 is 2.04 bits per heavy atom. The van der Waals surface area contributed by atoms with Crippen molar-refractivity contribution in [2.24, 2.45) is 0 Å². The Labute approximate surface area is 159 Å². The second-order valence-electron chi connectivity index (χ2n) is 6.64. The average molecular weight is 374 g/mol. The zero-order valence-electron chi connectivity index (χ0n) is 15.7. The van der Waals surface area contributed by atoms with E-state index in [1.54, 1.807) is 6.08 Å². The molecule has 1 aliphatic heterocycles. The number of allylic oxidation sites excluding steroid dienone is 3. The van der Waals surface area contributed by atoms with E-state index in [0.29, 0.717) is 6.61 Å². The molecule has 0 aromatic heterocycles. The van der Waals surface area contributed by atoms with Gasteiger partial charge in [0, 0.05) is 11.5 Å². The van der Waals surface area contributed by atoms with E-state index in [4.69, 9.17) is 18.9 Å². The van der Waals surface area contributed by atoms with Crippen molar-refractivity contribution in [3.63, 3.8) is 0 Å². The van der Waals surface area contributed by atoms with Crippen LogP contribution in [0.15, 0.2) is 61.4 Å². The monoisotopic (exact) mass is 374 g/mol. The zero-order valence-corrected chi connectivity index (χ0v) is 15.7. The van der Waals surface area contributed by atoms with E-state index in [9.17, 15) is 9.90 Å². The highest BCUT2D eigenvalue weighted by atomic mass is 16.8. The van der Waals surface area contributed by atoms with Gasteiger partial charge in [0.1, 0.15) is 31.7 Å². The summed E-state index contributed by atoms with van der Waals surface area (Å²) in [4.78, 5) is 10.9. The zero-order chi connectivity index (χ0) is 19.7. The lowest BCUT2D eigenvalue weighted by molar-refractivity contribution is -0.141. The van der Waals surface area contributed by atoms with Crippen LogP contribution in [0.2, 0.25) is 0 Å². The maximum Gasteiger partial charge on any atom is 0.330 e. The van der Waals surface area contributed by atoms with E-state index < -0.39 is 12.1 Å². The fourth-order valence-electron chi connectivity index (χ4n) is 2.17. The molecule has 6 nitrogen and oxygen atoms in total. The molecule has 1 fully saturated rings. The molecule has 1 heterocycles. The van der Waals surface area contributed by atoms with Crippen LogP contribution in [0.3, 0.4) is 0 Å². The molecule has 27 heavy (non-hydrogen) atoms. The molecule has 2 rings (SSSR count). The van der Waals surface area contributed by atoms with Crippen molar-refractivity contribution in [3.05, 3.63) is 67.0 Å². The van der Waals surface area contributed by atoms with Crippen LogP contribution in [0.4, 0.5) is 0 Å². The summed E-state index contributed by atoms with van der Waals surface area (Å²) in [5, 5.41) is 9.60. The minimum Gasteiger partial charge on any atom is -0.498 e. The molecule has 0 bridgehead atoms. The van der Waals surface area contributed by atoms with Gasteiger partial charge in [0.25, 0.3) is 0 Å². The predicted molar refractivity (Wildman–Crippen MR) is 101 cm³/mol. The Bertz CT molecular complexity index is 670. The second kappa shape index (κ2) is 9.94. The molecule has 0 saturated carbocycles. The highest BCUT2D eigenvalue weighted by Gasteiger charge is 2.25. The summed E-state index contributed by atoms with van der Waals surface area (Å²) in [5.74, 6) is 0.224. The smallest absolute Gasteiger partial charge is 0.330 e. The van der Waals surface area contributed by atoms with Gasteiger partial charge in [-0.15, -0.1) is 0 Å². The molecule has 6 heteroatoms.